The molecule has 3 aliphatic rings. The van der Waals surface area contributed by atoms with E-state index in [4.69, 9.17) is 16.4 Å². The lowest BCUT2D eigenvalue weighted by molar-refractivity contribution is -0.156. The molecule has 0 aromatic heterocycles. The fraction of sp³-hybridized carbons (Fsp3) is 0.423. The Balaban J connectivity index is 1.29. The van der Waals surface area contributed by atoms with Crippen LogP contribution in [0, 0.1) is 5.41 Å². The van der Waals surface area contributed by atoms with Gasteiger partial charge in [0.05, 0.1) is 5.71 Å². The first-order chi connectivity index (χ1) is 15.9. The average Bonchev–Trinajstić information content (AvgIpc) is 3.23. The molecule has 172 valence electrons. The van der Waals surface area contributed by atoms with Gasteiger partial charge in [0.25, 0.3) is 5.91 Å². The number of halogens is 1. The van der Waals surface area contributed by atoms with Gasteiger partial charge in [-0.3, -0.25) is 9.59 Å². The van der Waals surface area contributed by atoms with Gasteiger partial charge < -0.3 is 15.1 Å². The van der Waals surface area contributed by atoms with Gasteiger partial charge in [-0.05, 0) is 36.8 Å². The molecule has 0 aliphatic carbocycles. The summed E-state index contributed by atoms with van der Waals surface area (Å²) in [5, 5.41) is 7.86. The molecule has 0 unspecified atom stereocenters. The number of hydrogen-bond acceptors (Lipinski definition) is 4. The van der Waals surface area contributed by atoms with E-state index in [1.807, 2.05) is 47.4 Å². The number of benzene rings is 2. The molecule has 1 N–H and O–H groups in total. The Hall–Kier alpha value is -2.86. The summed E-state index contributed by atoms with van der Waals surface area (Å²) in [7, 11) is 0. The van der Waals surface area contributed by atoms with Crippen molar-refractivity contribution in [1.29, 1.82) is 0 Å². The molecule has 2 aromatic rings. The van der Waals surface area contributed by atoms with Crippen molar-refractivity contribution in [3.05, 3.63) is 70.7 Å². The highest BCUT2D eigenvalue weighted by molar-refractivity contribution is 6.34. The maximum absolute atomic E-state index is 13.5. The minimum Gasteiger partial charge on any atom is -0.379 e. The maximum Gasteiger partial charge on any atom is 0.269 e. The zero-order valence-corrected chi connectivity index (χ0v) is 19.5. The van der Waals surface area contributed by atoms with Crippen LogP contribution in [-0.4, -0.2) is 47.7 Å². The highest BCUT2D eigenvalue weighted by Crippen LogP contribution is 2.49. The largest absolute Gasteiger partial charge is 0.379 e. The number of carbonyl (C=O) groups excluding carboxylic acids is 2. The molecular weight excluding hydrogens is 438 g/mol. The first-order valence-corrected chi connectivity index (χ1v) is 11.9. The number of nitrogens with zero attached hydrogens (tertiary/aromatic N) is 2. The molecule has 2 amide bonds. The summed E-state index contributed by atoms with van der Waals surface area (Å²) in [6.45, 7) is 3.66. The van der Waals surface area contributed by atoms with Crippen LogP contribution in [0.2, 0.25) is 5.02 Å². The molecule has 0 radical (unpaired) electrons. The van der Waals surface area contributed by atoms with Gasteiger partial charge in [-0.2, -0.15) is 0 Å². The van der Waals surface area contributed by atoms with E-state index in [-0.39, 0.29) is 23.1 Å². The molecule has 1 spiro atoms. The minimum absolute atomic E-state index is 0.0559. The Bertz CT molecular complexity index is 1090. The lowest BCUT2D eigenvalue weighted by Crippen LogP contribution is -2.56. The SMILES string of the molecule is C[C@@]1(C(=O)N2CCC3(CC2)CC(=O)NC[C@@H]3c2ccccc2)CC(c2ccccc2Cl)=NO1. The fourth-order valence-corrected chi connectivity index (χ4v) is 5.85. The van der Waals surface area contributed by atoms with E-state index in [2.05, 4.69) is 22.6 Å². The molecule has 3 aliphatic heterocycles. The van der Waals surface area contributed by atoms with Crippen molar-refractivity contribution in [2.45, 2.75) is 44.1 Å². The van der Waals surface area contributed by atoms with Crippen molar-refractivity contribution in [3.8, 4) is 0 Å². The van der Waals surface area contributed by atoms with Crippen molar-refractivity contribution in [3.63, 3.8) is 0 Å². The average molecular weight is 466 g/mol. The van der Waals surface area contributed by atoms with E-state index >= 15 is 0 Å². The van der Waals surface area contributed by atoms with Gasteiger partial charge in [-0.15, -0.1) is 0 Å². The van der Waals surface area contributed by atoms with E-state index in [1.165, 1.54) is 5.56 Å². The number of nitrogens with one attached hydrogen (secondary N) is 1. The van der Waals surface area contributed by atoms with Gasteiger partial charge in [0, 0.05) is 49.0 Å². The minimum atomic E-state index is -1.04. The van der Waals surface area contributed by atoms with Gasteiger partial charge in [0.15, 0.2) is 0 Å². The maximum atomic E-state index is 13.5. The summed E-state index contributed by atoms with van der Waals surface area (Å²) < 4.78 is 0. The number of piperidine rings is 2. The normalized spacial score (nSPS) is 26.5. The van der Waals surface area contributed by atoms with Crippen molar-refractivity contribution in [2.75, 3.05) is 19.6 Å². The second-order valence-corrected chi connectivity index (χ2v) is 10.0. The summed E-state index contributed by atoms with van der Waals surface area (Å²) in [6, 6.07) is 17.9. The molecule has 5 rings (SSSR count). The van der Waals surface area contributed by atoms with E-state index < -0.39 is 5.60 Å². The Labute approximate surface area is 198 Å². The van der Waals surface area contributed by atoms with Gasteiger partial charge in [-0.25, -0.2) is 0 Å². The zero-order chi connectivity index (χ0) is 23.1. The van der Waals surface area contributed by atoms with Gasteiger partial charge in [0.2, 0.25) is 11.5 Å². The predicted molar refractivity (Wildman–Crippen MR) is 127 cm³/mol. The van der Waals surface area contributed by atoms with Crippen LogP contribution in [0.1, 0.15) is 49.7 Å². The molecule has 2 aromatic carbocycles. The molecule has 0 bridgehead atoms. The van der Waals surface area contributed by atoms with Gasteiger partial charge >= 0.3 is 0 Å². The molecule has 2 saturated heterocycles. The van der Waals surface area contributed by atoms with Gasteiger partial charge in [0.1, 0.15) is 0 Å². The third-order valence-corrected chi connectivity index (χ3v) is 7.83. The highest BCUT2D eigenvalue weighted by atomic mass is 35.5. The van der Waals surface area contributed by atoms with Crippen LogP contribution >= 0.6 is 11.6 Å². The number of likely N-dealkylation sites (tertiary alicyclic amines) is 1. The molecule has 2 atom stereocenters. The van der Waals surface area contributed by atoms with E-state index in [1.54, 1.807) is 6.92 Å². The van der Waals surface area contributed by atoms with Crippen LogP contribution in [0.15, 0.2) is 59.8 Å². The summed E-state index contributed by atoms with van der Waals surface area (Å²) in [5.74, 6) is 0.299. The van der Waals surface area contributed by atoms with E-state index in [0.29, 0.717) is 43.2 Å². The summed E-state index contributed by atoms with van der Waals surface area (Å²) in [6.07, 6.45) is 2.47. The third kappa shape index (κ3) is 4.01. The molecule has 6 nitrogen and oxygen atoms in total. The van der Waals surface area contributed by atoms with Crippen molar-refractivity contribution in [1.82, 2.24) is 10.2 Å². The first-order valence-electron chi connectivity index (χ1n) is 11.5. The Kier molecular flexibility index (Phi) is 5.65. The highest BCUT2D eigenvalue weighted by Gasteiger charge is 2.50. The smallest absolute Gasteiger partial charge is 0.269 e. The lowest BCUT2D eigenvalue weighted by atomic mass is 9.62. The van der Waals surface area contributed by atoms with Gasteiger partial charge in [-0.1, -0.05) is 65.3 Å². The molecule has 3 heterocycles. The predicted octanol–water partition coefficient (Wildman–Crippen LogP) is 4.14. The quantitative estimate of drug-likeness (QED) is 0.740. The van der Waals surface area contributed by atoms with Crippen LogP contribution in [0.5, 0.6) is 0 Å². The van der Waals surface area contributed by atoms with Crippen LogP contribution in [0.3, 0.4) is 0 Å². The molecule has 2 fully saturated rings. The number of oxime groups is 1. The van der Waals surface area contributed by atoms with Crippen LogP contribution < -0.4 is 5.32 Å². The van der Waals surface area contributed by atoms with Crippen LogP contribution in [0.4, 0.5) is 0 Å². The molecular formula is C26H28ClN3O3. The summed E-state index contributed by atoms with van der Waals surface area (Å²) in [4.78, 5) is 33.4. The Morgan fingerprint density at radius 1 is 1.09 bits per heavy atom. The molecule has 33 heavy (non-hydrogen) atoms. The second kappa shape index (κ2) is 8.49. The van der Waals surface area contributed by atoms with Crippen molar-refractivity contribution >= 4 is 29.1 Å². The number of hydrogen-bond donors (Lipinski definition) is 1. The second-order valence-electron chi connectivity index (χ2n) is 9.62. The molecule has 0 saturated carbocycles. The monoisotopic (exact) mass is 465 g/mol. The van der Waals surface area contributed by atoms with E-state index in [0.717, 1.165) is 18.4 Å². The molecule has 7 heteroatoms. The van der Waals surface area contributed by atoms with Crippen LogP contribution in [0.25, 0.3) is 0 Å². The van der Waals surface area contributed by atoms with Crippen LogP contribution in [-0.2, 0) is 14.4 Å². The fourth-order valence-electron chi connectivity index (χ4n) is 5.60. The standard InChI is InChI=1S/C26H28ClN3O3/c1-25(15-22(29-33-25)19-9-5-6-10-21(19)27)24(32)30-13-11-26(12-14-30)16-23(31)28-17-20(26)18-7-3-2-4-8-18/h2-10,20H,11-17H2,1H3,(H,28,31)/t20-,25+/m1/s1. The topological polar surface area (TPSA) is 71.0 Å². The number of carbonyl (C=O) groups is 2. The lowest BCUT2D eigenvalue weighted by Gasteiger charge is -2.49. The van der Waals surface area contributed by atoms with E-state index in [9.17, 15) is 9.59 Å². The number of rotatable bonds is 3. The Morgan fingerprint density at radius 2 is 1.79 bits per heavy atom. The summed E-state index contributed by atoms with van der Waals surface area (Å²) >= 11 is 6.32. The Morgan fingerprint density at radius 3 is 2.52 bits per heavy atom. The number of amides is 2. The third-order valence-electron chi connectivity index (χ3n) is 7.50. The van der Waals surface area contributed by atoms with Crippen molar-refractivity contribution < 1.29 is 14.4 Å². The zero-order valence-electron chi connectivity index (χ0n) is 18.7. The van der Waals surface area contributed by atoms with Crippen molar-refractivity contribution in [2.24, 2.45) is 10.6 Å². The first kappa shape index (κ1) is 22.0. The summed E-state index contributed by atoms with van der Waals surface area (Å²) in [5.41, 5.74) is 1.57.